The third-order valence-corrected chi connectivity index (χ3v) is 8.13. The Bertz CT molecular complexity index is 1680. The van der Waals surface area contributed by atoms with Crippen LogP contribution in [0.25, 0.3) is 22.3 Å². The van der Waals surface area contributed by atoms with Crippen molar-refractivity contribution in [1.82, 2.24) is 4.98 Å². The first-order valence-corrected chi connectivity index (χ1v) is 13.6. The molecule has 1 aromatic heterocycles. The molecular formula is C35H27N3O2. The minimum Gasteiger partial charge on any atom is -0.299 e. The van der Waals surface area contributed by atoms with Crippen molar-refractivity contribution in [3.05, 3.63) is 138 Å². The second-order valence-corrected chi connectivity index (χ2v) is 10.3. The van der Waals surface area contributed by atoms with E-state index in [9.17, 15) is 9.59 Å². The van der Waals surface area contributed by atoms with Crippen LogP contribution >= 0.6 is 0 Å². The lowest BCUT2D eigenvalue weighted by Gasteiger charge is -2.37. The number of para-hydroxylation sites is 2. The molecule has 5 heteroatoms. The van der Waals surface area contributed by atoms with E-state index in [2.05, 4.69) is 29.2 Å². The third kappa shape index (κ3) is 3.58. The molecule has 0 radical (unpaired) electrons. The minimum atomic E-state index is -0.235. The number of carbonyl (C=O) groups excluding carboxylic acids is 2. The zero-order valence-corrected chi connectivity index (χ0v) is 22.3. The van der Waals surface area contributed by atoms with Gasteiger partial charge in [-0.25, -0.2) is 4.98 Å². The van der Waals surface area contributed by atoms with Gasteiger partial charge in [-0.1, -0.05) is 91.0 Å². The van der Waals surface area contributed by atoms with Gasteiger partial charge in [0, 0.05) is 11.1 Å². The first-order chi connectivity index (χ1) is 19.5. The molecule has 2 aliphatic heterocycles. The Morgan fingerprint density at radius 2 is 0.875 bits per heavy atom. The van der Waals surface area contributed by atoms with E-state index in [-0.39, 0.29) is 35.3 Å². The van der Waals surface area contributed by atoms with Crippen LogP contribution in [0.5, 0.6) is 0 Å². The highest BCUT2D eigenvalue weighted by molar-refractivity contribution is 6.12. The number of nitrogens with zero attached hydrogens (tertiary/aromatic N) is 3. The van der Waals surface area contributed by atoms with E-state index < -0.39 is 0 Å². The molecule has 0 unspecified atom stereocenters. The molecule has 5 aromatic rings. The summed E-state index contributed by atoms with van der Waals surface area (Å²) in [6.07, 6.45) is 0. The number of amides is 2. The van der Waals surface area contributed by atoms with Crippen molar-refractivity contribution in [1.29, 1.82) is 0 Å². The predicted octanol–water partition coefficient (Wildman–Crippen LogP) is 7.86. The summed E-state index contributed by atoms with van der Waals surface area (Å²) < 4.78 is 0. The summed E-state index contributed by atoms with van der Waals surface area (Å²) >= 11 is 0. The van der Waals surface area contributed by atoms with Gasteiger partial charge in [0.15, 0.2) is 0 Å². The molecule has 0 N–H and O–H groups in total. The van der Waals surface area contributed by atoms with Crippen LogP contribution in [0, 0.1) is 0 Å². The molecule has 2 aliphatic rings. The van der Waals surface area contributed by atoms with E-state index in [1.807, 2.05) is 86.6 Å². The zero-order valence-electron chi connectivity index (χ0n) is 22.3. The maximum Gasteiger partial charge on any atom is 0.277 e. The SMILES string of the molecule is C[C@H]1c2ccccc2-c2ccccc2N1C(=O)c1cccc(C(=O)N2c3ccccc3-c3ccccc3[C@@H]2C)n1. The second kappa shape index (κ2) is 9.31. The highest BCUT2D eigenvalue weighted by Gasteiger charge is 2.35. The fraction of sp³-hybridized carbons (Fsp3) is 0.114. The van der Waals surface area contributed by atoms with Gasteiger partial charge in [0.05, 0.1) is 23.5 Å². The van der Waals surface area contributed by atoms with Gasteiger partial charge in [0.1, 0.15) is 11.4 Å². The molecule has 0 fully saturated rings. The van der Waals surface area contributed by atoms with E-state index in [0.29, 0.717) is 0 Å². The molecule has 0 bridgehead atoms. The van der Waals surface area contributed by atoms with Crippen LogP contribution in [0.2, 0.25) is 0 Å². The number of hydrogen-bond acceptors (Lipinski definition) is 3. The number of hydrogen-bond donors (Lipinski definition) is 0. The van der Waals surface area contributed by atoms with Crippen molar-refractivity contribution in [2.45, 2.75) is 25.9 Å². The molecule has 4 aromatic carbocycles. The molecule has 0 saturated heterocycles. The summed E-state index contributed by atoms with van der Waals surface area (Å²) in [5, 5.41) is 0. The Morgan fingerprint density at radius 3 is 1.32 bits per heavy atom. The Morgan fingerprint density at radius 1 is 0.500 bits per heavy atom. The average molecular weight is 522 g/mol. The fourth-order valence-electron chi connectivity index (χ4n) is 6.22. The molecule has 194 valence electrons. The van der Waals surface area contributed by atoms with Crippen molar-refractivity contribution in [3.63, 3.8) is 0 Å². The van der Waals surface area contributed by atoms with Gasteiger partial charge in [-0.2, -0.15) is 0 Å². The maximum absolute atomic E-state index is 14.1. The summed E-state index contributed by atoms with van der Waals surface area (Å²) in [7, 11) is 0. The van der Waals surface area contributed by atoms with Gasteiger partial charge >= 0.3 is 0 Å². The summed E-state index contributed by atoms with van der Waals surface area (Å²) in [4.78, 5) is 36.5. The van der Waals surface area contributed by atoms with Crippen LogP contribution in [-0.4, -0.2) is 16.8 Å². The predicted molar refractivity (Wildman–Crippen MR) is 158 cm³/mol. The highest BCUT2D eigenvalue weighted by Crippen LogP contribution is 2.46. The lowest BCUT2D eigenvalue weighted by Crippen LogP contribution is -2.38. The Balaban J connectivity index is 1.28. The van der Waals surface area contributed by atoms with Crippen molar-refractivity contribution in [2.75, 3.05) is 9.80 Å². The molecule has 3 heterocycles. The average Bonchev–Trinajstić information content (AvgIpc) is 3.01. The lowest BCUT2D eigenvalue weighted by atomic mass is 9.88. The zero-order chi connectivity index (χ0) is 27.4. The minimum absolute atomic E-state index is 0.190. The third-order valence-electron chi connectivity index (χ3n) is 8.13. The first-order valence-electron chi connectivity index (χ1n) is 13.6. The normalized spacial score (nSPS) is 16.9. The number of carbonyl (C=O) groups is 2. The van der Waals surface area contributed by atoms with Crippen molar-refractivity contribution >= 4 is 23.2 Å². The fourth-order valence-corrected chi connectivity index (χ4v) is 6.22. The van der Waals surface area contributed by atoms with Crippen molar-refractivity contribution < 1.29 is 9.59 Å². The van der Waals surface area contributed by atoms with Crippen LogP contribution in [0.3, 0.4) is 0 Å². The summed E-state index contributed by atoms with van der Waals surface area (Å²) in [6, 6.07) is 37.0. The molecule has 7 rings (SSSR count). The molecule has 5 nitrogen and oxygen atoms in total. The number of benzene rings is 4. The van der Waals surface area contributed by atoms with Gasteiger partial charge in [0.2, 0.25) is 0 Å². The number of pyridine rings is 1. The molecule has 0 spiro atoms. The quantitative estimate of drug-likeness (QED) is 0.238. The van der Waals surface area contributed by atoms with Gasteiger partial charge < -0.3 is 0 Å². The Labute approximate surface area is 233 Å². The lowest BCUT2D eigenvalue weighted by molar-refractivity contribution is 0.0969. The van der Waals surface area contributed by atoms with E-state index in [1.54, 1.807) is 28.0 Å². The Kier molecular flexibility index (Phi) is 5.60. The van der Waals surface area contributed by atoms with E-state index in [1.165, 1.54) is 0 Å². The van der Waals surface area contributed by atoms with E-state index in [0.717, 1.165) is 44.8 Å². The second-order valence-electron chi connectivity index (χ2n) is 10.3. The molecule has 40 heavy (non-hydrogen) atoms. The van der Waals surface area contributed by atoms with Crippen LogP contribution < -0.4 is 9.80 Å². The van der Waals surface area contributed by atoms with E-state index in [4.69, 9.17) is 0 Å². The molecule has 2 atom stereocenters. The first kappa shape index (κ1) is 24.0. The number of fused-ring (bicyclic) bond motifs is 6. The number of rotatable bonds is 2. The van der Waals surface area contributed by atoms with Gasteiger partial charge in [0.25, 0.3) is 11.8 Å². The van der Waals surface area contributed by atoms with Crippen LogP contribution in [-0.2, 0) is 0 Å². The molecule has 0 aliphatic carbocycles. The topological polar surface area (TPSA) is 53.5 Å². The molecule has 0 saturated carbocycles. The summed E-state index contributed by atoms with van der Waals surface area (Å²) in [6.45, 7) is 4.07. The standard InChI is InChI=1S/C35H27N3O2/c1-22-24-12-3-5-14-26(24)28-16-7-9-20-32(28)37(22)34(39)30-18-11-19-31(36-30)35(40)38-23(2)25-13-4-6-15-27(25)29-17-8-10-21-33(29)38/h3-23H,1-2H3/t22-,23-/m0/s1. The Hall–Kier alpha value is -5.03. The summed E-state index contributed by atoms with van der Waals surface area (Å²) in [5.74, 6) is -0.469. The highest BCUT2D eigenvalue weighted by atomic mass is 16.2. The number of anilines is 2. The van der Waals surface area contributed by atoms with Crippen molar-refractivity contribution in [3.8, 4) is 22.3 Å². The van der Waals surface area contributed by atoms with E-state index >= 15 is 0 Å². The summed E-state index contributed by atoms with van der Waals surface area (Å²) in [5.41, 5.74) is 8.60. The van der Waals surface area contributed by atoms with Crippen LogP contribution in [0.1, 0.15) is 58.0 Å². The maximum atomic E-state index is 14.1. The van der Waals surface area contributed by atoms with Crippen LogP contribution in [0.4, 0.5) is 11.4 Å². The monoisotopic (exact) mass is 521 g/mol. The largest absolute Gasteiger partial charge is 0.299 e. The molecular weight excluding hydrogens is 494 g/mol. The van der Waals surface area contributed by atoms with Gasteiger partial charge in [-0.15, -0.1) is 0 Å². The molecule has 2 amide bonds. The van der Waals surface area contributed by atoms with Gasteiger partial charge in [-0.3, -0.25) is 19.4 Å². The smallest absolute Gasteiger partial charge is 0.277 e. The number of aromatic nitrogens is 1. The van der Waals surface area contributed by atoms with Gasteiger partial charge in [-0.05, 0) is 60.4 Å². The van der Waals surface area contributed by atoms with Crippen LogP contribution in [0.15, 0.2) is 115 Å². The van der Waals surface area contributed by atoms with Crippen molar-refractivity contribution in [2.24, 2.45) is 0 Å².